The fourth-order valence-electron chi connectivity index (χ4n) is 2.04. The highest BCUT2D eigenvalue weighted by atomic mass is 16.3. The number of amides is 1. The summed E-state index contributed by atoms with van der Waals surface area (Å²) < 4.78 is 0. The van der Waals surface area contributed by atoms with E-state index >= 15 is 0 Å². The zero-order valence-corrected chi connectivity index (χ0v) is 8.42. The Morgan fingerprint density at radius 2 is 2.15 bits per heavy atom. The zero-order valence-electron chi connectivity index (χ0n) is 8.42. The number of carbonyl (C=O) groups excluding carboxylic acids is 1. The molecule has 0 saturated heterocycles. The number of hydrogen-bond acceptors (Lipinski definition) is 2. The van der Waals surface area contributed by atoms with Crippen LogP contribution in [-0.4, -0.2) is 23.7 Å². The fourth-order valence-corrected chi connectivity index (χ4v) is 2.04. The Bertz CT molecular complexity index is 182. The molecule has 0 heterocycles. The maximum absolute atomic E-state index is 11.0. The molecule has 2 N–H and O–H groups in total. The smallest absolute Gasteiger partial charge is 0.245 e. The van der Waals surface area contributed by atoms with Gasteiger partial charge in [-0.15, -0.1) is 0 Å². The van der Waals surface area contributed by atoms with Crippen LogP contribution in [0, 0.1) is 11.8 Å². The third-order valence-electron chi connectivity index (χ3n) is 3.20. The van der Waals surface area contributed by atoms with Crippen molar-refractivity contribution in [3.8, 4) is 0 Å². The first kappa shape index (κ1) is 10.5. The predicted octanol–water partition coefficient (Wildman–Crippen LogP) is 0.920. The van der Waals surface area contributed by atoms with Crippen LogP contribution in [0.4, 0.5) is 0 Å². The predicted molar refractivity (Wildman–Crippen MR) is 51.2 cm³/mol. The summed E-state index contributed by atoms with van der Waals surface area (Å²) in [5, 5.41) is 11.5. The highest BCUT2D eigenvalue weighted by Gasteiger charge is 2.27. The van der Waals surface area contributed by atoms with Gasteiger partial charge in [0.2, 0.25) is 5.91 Å². The van der Waals surface area contributed by atoms with E-state index in [2.05, 4.69) is 19.2 Å². The van der Waals surface area contributed by atoms with Gasteiger partial charge >= 0.3 is 0 Å². The van der Waals surface area contributed by atoms with Gasteiger partial charge in [-0.05, 0) is 18.3 Å². The third kappa shape index (κ3) is 2.69. The Labute approximate surface area is 79.5 Å². The first-order valence-corrected chi connectivity index (χ1v) is 5.05. The van der Waals surface area contributed by atoms with E-state index in [1.807, 2.05) is 0 Å². The lowest BCUT2D eigenvalue weighted by molar-refractivity contribution is -0.125. The van der Waals surface area contributed by atoms with E-state index in [-0.39, 0.29) is 11.9 Å². The van der Waals surface area contributed by atoms with Gasteiger partial charge in [0, 0.05) is 6.04 Å². The molecule has 3 heteroatoms. The Hall–Kier alpha value is -0.570. The number of hydrogen-bond donors (Lipinski definition) is 2. The van der Waals surface area contributed by atoms with Crippen molar-refractivity contribution in [1.29, 1.82) is 0 Å². The van der Waals surface area contributed by atoms with Crippen LogP contribution >= 0.6 is 0 Å². The van der Waals surface area contributed by atoms with Crippen LogP contribution < -0.4 is 5.32 Å². The molecule has 1 rings (SSSR count). The van der Waals surface area contributed by atoms with Crippen LogP contribution in [0.2, 0.25) is 0 Å². The number of carbonyl (C=O) groups is 1. The van der Waals surface area contributed by atoms with Crippen LogP contribution in [0.1, 0.15) is 33.1 Å². The molecule has 0 bridgehead atoms. The van der Waals surface area contributed by atoms with Crippen molar-refractivity contribution < 1.29 is 9.90 Å². The van der Waals surface area contributed by atoms with Gasteiger partial charge in [-0.3, -0.25) is 4.79 Å². The van der Waals surface area contributed by atoms with Gasteiger partial charge in [0.25, 0.3) is 0 Å². The maximum Gasteiger partial charge on any atom is 0.245 e. The molecule has 0 aromatic rings. The molecule has 76 valence electrons. The summed E-state index contributed by atoms with van der Waals surface area (Å²) in [4.78, 5) is 11.0. The number of aliphatic hydroxyl groups excluding tert-OH is 1. The number of nitrogens with one attached hydrogen (secondary N) is 1. The molecule has 13 heavy (non-hydrogen) atoms. The summed E-state index contributed by atoms with van der Waals surface area (Å²) in [7, 11) is 0. The van der Waals surface area contributed by atoms with E-state index in [1.165, 1.54) is 12.8 Å². The molecule has 0 aromatic heterocycles. The van der Waals surface area contributed by atoms with Crippen LogP contribution in [0.15, 0.2) is 0 Å². The molecule has 3 atom stereocenters. The van der Waals surface area contributed by atoms with E-state index in [0.29, 0.717) is 11.8 Å². The Morgan fingerprint density at radius 3 is 2.77 bits per heavy atom. The number of rotatable bonds is 2. The second kappa shape index (κ2) is 4.61. The van der Waals surface area contributed by atoms with Gasteiger partial charge in [0.15, 0.2) is 0 Å². The fraction of sp³-hybridized carbons (Fsp3) is 0.900. The summed E-state index contributed by atoms with van der Waals surface area (Å²) in [6, 6.07) is 0.267. The second-order valence-electron chi connectivity index (χ2n) is 4.10. The molecular weight excluding hydrogens is 166 g/mol. The highest BCUT2D eigenvalue weighted by molar-refractivity contribution is 5.77. The lowest BCUT2D eigenvalue weighted by Crippen LogP contribution is -2.44. The van der Waals surface area contributed by atoms with Gasteiger partial charge in [-0.25, -0.2) is 0 Å². The molecule has 1 aliphatic rings. The van der Waals surface area contributed by atoms with E-state index in [4.69, 9.17) is 5.11 Å². The summed E-state index contributed by atoms with van der Waals surface area (Å²) >= 11 is 0. The van der Waals surface area contributed by atoms with E-state index in [9.17, 15) is 4.79 Å². The van der Waals surface area contributed by atoms with Gasteiger partial charge in [0.1, 0.15) is 6.61 Å². The van der Waals surface area contributed by atoms with Crippen molar-refractivity contribution in [2.24, 2.45) is 11.8 Å². The zero-order chi connectivity index (χ0) is 9.84. The molecule has 1 amide bonds. The van der Waals surface area contributed by atoms with E-state index in [1.54, 1.807) is 0 Å². The summed E-state index contributed by atoms with van der Waals surface area (Å²) in [6.07, 6.45) is 3.49. The lowest BCUT2D eigenvalue weighted by Gasteiger charge is -2.34. The van der Waals surface area contributed by atoms with Crippen molar-refractivity contribution in [1.82, 2.24) is 5.32 Å². The maximum atomic E-state index is 11.0. The van der Waals surface area contributed by atoms with Crippen LogP contribution in [-0.2, 0) is 4.79 Å². The van der Waals surface area contributed by atoms with Gasteiger partial charge in [-0.2, -0.15) is 0 Å². The van der Waals surface area contributed by atoms with Crippen molar-refractivity contribution in [2.45, 2.75) is 39.2 Å². The summed E-state index contributed by atoms with van der Waals surface area (Å²) in [5.74, 6) is 0.966. The van der Waals surface area contributed by atoms with Crippen molar-refractivity contribution >= 4 is 5.91 Å². The molecule has 0 spiro atoms. The first-order chi connectivity index (χ1) is 6.15. The summed E-state index contributed by atoms with van der Waals surface area (Å²) in [5.41, 5.74) is 0. The largest absolute Gasteiger partial charge is 0.387 e. The highest BCUT2D eigenvalue weighted by Crippen LogP contribution is 2.29. The van der Waals surface area contributed by atoms with Gasteiger partial charge in [-0.1, -0.05) is 26.7 Å². The second-order valence-corrected chi connectivity index (χ2v) is 4.10. The quantitative estimate of drug-likeness (QED) is 0.672. The molecule has 1 fully saturated rings. The lowest BCUT2D eigenvalue weighted by atomic mass is 9.78. The Kier molecular flexibility index (Phi) is 3.72. The van der Waals surface area contributed by atoms with Crippen LogP contribution in [0.3, 0.4) is 0 Å². The monoisotopic (exact) mass is 185 g/mol. The van der Waals surface area contributed by atoms with Crippen molar-refractivity contribution in [3.63, 3.8) is 0 Å². The van der Waals surface area contributed by atoms with Crippen LogP contribution in [0.5, 0.6) is 0 Å². The average molecular weight is 185 g/mol. The number of aliphatic hydroxyl groups is 1. The van der Waals surface area contributed by atoms with Gasteiger partial charge < -0.3 is 10.4 Å². The molecule has 1 aliphatic carbocycles. The normalized spacial score (nSPS) is 34.2. The van der Waals surface area contributed by atoms with E-state index < -0.39 is 6.61 Å². The molecule has 0 aliphatic heterocycles. The topological polar surface area (TPSA) is 49.3 Å². The molecule has 0 aromatic carbocycles. The minimum absolute atomic E-state index is 0.244. The first-order valence-electron chi connectivity index (χ1n) is 5.05. The van der Waals surface area contributed by atoms with Crippen molar-refractivity contribution in [3.05, 3.63) is 0 Å². The Morgan fingerprint density at radius 1 is 1.46 bits per heavy atom. The minimum Gasteiger partial charge on any atom is -0.387 e. The average Bonchev–Trinajstić information content (AvgIpc) is 2.13. The standard InChI is InChI=1S/C10H19NO2/c1-7-4-3-5-9(8(7)2)11-10(13)6-12/h7-9,12H,3-6H2,1-2H3,(H,11,13). The molecule has 1 saturated carbocycles. The van der Waals surface area contributed by atoms with E-state index in [0.717, 1.165) is 6.42 Å². The molecule has 3 nitrogen and oxygen atoms in total. The minimum atomic E-state index is -0.391. The SMILES string of the molecule is CC1CCCC(NC(=O)CO)C1C. The summed E-state index contributed by atoms with van der Waals surface area (Å²) in [6.45, 7) is 4.01. The molecular formula is C10H19NO2. The molecule has 0 radical (unpaired) electrons. The Balaban J connectivity index is 2.43. The third-order valence-corrected chi connectivity index (χ3v) is 3.20. The molecule has 3 unspecified atom stereocenters. The van der Waals surface area contributed by atoms with Crippen molar-refractivity contribution in [2.75, 3.05) is 6.61 Å². The van der Waals surface area contributed by atoms with Crippen LogP contribution in [0.25, 0.3) is 0 Å². The van der Waals surface area contributed by atoms with Gasteiger partial charge in [0.05, 0.1) is 0 Å².